The highest BCUT2D eigenvalue weighted by atomic mass is 19.4. The van der Waals surface area contributed by atoms with Crippen LogP contribution in [0.4, 0.5) is 18.0 Å². The summed E-state index contributed by atoms with van der Waals surface area (Å²) in [7, 11) is 2.52. The Balaban J connectivity index is 2.11. The van der Waals surface area contributed by atoms with Crippen LogP contribution in [0.3, 0.4) is 0 Å². The van der Waals surface area contributed by atoms with E-state index in [2.05, 4.69) is 0 Å². The number of nitrogens with zero attached hydrogens (tertiary/aromatic N) is 2. The Kier molecular flexibility index (Phi) is 5.95. The molecular weight excluding hydrogens is 329 g/mol. The Morgan fingerprint density at radius 2 is 1.83 bits per heavy atom. The van der Waals surface area contributed by atoms with Crippen LogP contribution in [0.1, 0.15) is 25.7 Å². The van der Waals surface area contributed by atoms with E-state index in [4.69, 9.17) is 9.47 Å². The topological polar surface area (TPSA) is 59.1 Å². The van der Waals surface area contributed by atoms with E-state index in [1.54, 1.807) is 0 Å². The molecule has 0 aliphatic carbocycles. The van der Waals surface area contributed by atoms with Crippen molar-refractivity contribution in [3.63, 3.8) is 0 Å². The number of methoxy groups -OCH3 is 2. The minimum absolute atomic E-state index is 0.0644. The van der Waals surface area contributed by atoms with Gasteiger partial charge in [0.05, 0.1) is 20.1 Å². The Bertz CT molecular complexity index is 472. The highest BCUT2D eigenvalue weighted by Gasteiger charge is 2.47. The van der Waals surface area contributed by atoms with Gasteiger partial charge in [-0.3, -0.25) is 9.69 Å². The summed E-state index contributed by atoms with van der Waals surface area (Å²) >= 11 is 0. The van der Waals surface area contributed by atoms with Crippen LogP contribution in [0.2, 0.25) is 0 Å². The largest absolute Gasteiger partial charge is 0.469 e. The number of alkyl halides is 3. The Hall–Kier alpha value is -1.51. The number of carbonyl (C=O) groups is 2. The lowest BCUT2D eigenvalue weighted by molar-refractivity contribution is -0.178. The number of rotatable bonds is 3. The zero-order chi connectivity index (χ0) is 17.9. The summed E-state index contributed by atoms with van der Waals surface area (Å²) in [5.41, 5.74) is 0. The third-order valence-electron chi connectivity index (χ3n) is 4.85. The third-order valence-corrected chi connectivity index (χ3v) is 4.85. The van der Waals surface area contributed by atoms with Crippen LogP contribution in [0.25, 0.3) is 0 Å². The summed E-state index contributed by atoms with van der Waals surface area (Å²) in [6.45, 7) is 0.674. The van der Waals surface area contributed by atoms with Gasteiger partial charge in [-0.05, 0) is 32.2 Å². The van der Waals surface area contributed by atoms with E-state index in [0.717, 1.165) is 0 Å². The van der Waals surface area contributed by atoms with Gasteiger partial charge in [-0.2, -0.15) is 13.2 Å². The van der Waals surface area contributed by atoms with Crippen molar-refractivity contribution in [3.8, 4) is 0 Å². The van der Waals surface area contributed by atoms with Gasteiger partial charge in [-0.15, -0.1) is 0 Å². The number of halogens is 3. The minimum atomic E-state index is -4.29. The number of hydrogen-bond donors (Lipinski definition) is 0. The van der Waals surface area contributed by atoms with Gasteiger partial charge < -0.3 is 14.4 Å². The van der Waals surface area contributed by atoms with Gasteiger partial charge in [0.2, 0.25) is 0 Å². The van der Waals surface area contributed by atoms with Gasteiger partial charge in [0, 0.05) is 19.1 Å². The Morgan fingerprint density at radius 1 is 1.12 bits per heavy atom. The van der Waals surface area contributed by atoms with E-state index in [1.165, 1.54) is 24.0 Å². The van der Waals surface area contributed by atoms with E-state index in [1.807, 2.05) is 0 Å². The molecular formula is C15H23F3N2O4. The quantitative estimate of drug-likeness (QED) is 0.728. The molecule has 6 nitrogen and oxygen atoms in total. The van der Waals surface area contributed by atoms with Gasteiger partial charge >= 0.3 is 18.2 Å². The zero-order valence-electron chi connectivity index (χ0n) is 13.8. The maximum Gasteiger partial charge on any atom is 0.409 e. The molecule has 0 N–H and O–H groups in total. The first-order chi connectivity index (χ1) is 11.3. The summed E-state index contributed by atoms with van der Waals surface area (Å²) in [5.74, 6) is -0.800. The molecule has 0 unspecified atom stereocenters. The van der Waals surface area contributed by atoms with Gasteiger partial charge in [-0.1, -0.05) is 0 Å². The van der Waals surface area contributed by atoms with Gasteiger partial charge in [0.15, 0.2) is 0 Å². The predicted octanol–water partition coefficient (Wildman–Crippen LogP) is 2.03. The van der Waals surface area contributed by atoms with Gasteiger partial charge in [-0.25, -0.2) is 4.79 Å². The molecule has 2 aliphatic rings. The molecule has 9 heteroatoms. The van der Waals surface area contributed by atoms with Crippen LogP contribution in [0.5, 0.6) is 0 Å². The monoisotopic (exact) mass is 352 g/mol. The lowest BCUT2D eigenvalue weighted by atomic mass is 9.90. The first-order valence-corrected chi connectivity index (χ1v) is 8.01. The van der Waals surface area contributed by atoms with Crippen molar-refractivity contribution in [1.82, 2.24) is 9.80 Å². The molecule has 0 radical (unpaired) electrons. The molecule has 3 atom stereocenters. The van der Waals surface area contributed by atoms with E-state index in [9.17, 15) is 22.8 Å². The number of piperidine rings is 1. The molecule has 2 saturated heterocycles. The molecule has 0 aromatic heterocycles. The zero-order valence-corrected chi connectivity index (χ0v) is 13.8. The molecule has 138 valence electrons. The van der Waals surface area contributed by atoms with E-state index < -0.39 is 36.2 Å². The maximum absolute atomic E-state index is 13.1. The molecule has 2 aliphatic heterocycles. The number of carbonyl (C=O) groups excluding carboxylic acids is 2. The number of esters is 1. The minimum Gasteiger partial charge on any atom is -0.469 e. The number of ether oxygens (including phenoxy) is 2. The molecule has 0 aromatic carbocycles. The van der Waals surface area contributed by atoms with Crippen LogP contribution < -0.4 is 0 Å². The molecule has 0 bridgehead atoms. The molecule has 24 heavy (non-hydrogen) atoms. The van der Waals surface area contributed by atoms with Crippen molar-refractivity contribution >= 4 is 12.1 Å². The molecule has 2 rings (SSSR count). The van der Waals surface area contributed by atoms with Crippen molar-refractivity contribution in [3.05, 3.63) is 0 Å². The third kappa shape index (κ3) is 4.12. The van der Waals surface area contributed by atoms with Crippen LogP contribution in [-0.4, -0.2) is 74.0 Å². The fraction of sp³-hybridized carbons (Fsp3) is 0.867. The molecule has 0 aromatic rings. The molecule has 2 heterocycles. The van der Waals surface area contributed by atoms with Crippen molar-refractivity contribution in [2.24, 2.45) is 5.92 Å². The molecule has 2 fully saturated rings. The van der Waals surface area contributed by atoms with Gasteiger partial charge in [0.25, 0.3) is 0 Å². The average molecular weight is 352 g/mol. The summed E-state index contributed by atoms with van der Waals surface area (Å²) in [4.78, 5) is 26.5. The Labute approximate surface area is 138 Å². The van der Waals surface area contributed by atoms with Gasteiger partial charge in [0.1, 0.15) is 6.04 Å². The fourth-order valence-corrected chi connectivity index (χ4v) is 3.65. The maximum atomic E-state index is 13.1. The van der Waals surface area contributed by atoms with Crippen molar-refractivity contribution in [2.75, 3.05) is 33.9 Å². The van der Waals surface area contributed by atoms with E-state index >= 15 is 0 Å². The smallest absolute Gasteiger partial charge is 0.409 e. The van der Waals surface area contributed by atoms with E-state index in [0.29, 0.717) is 19.4 Å². The summed E-state index contributed by atoms with van der Waals surface area (Å²) in [5, 5.41) is 0. The second kappa shape index (κ2) is 7.58. The van der Waals surface area contributed by atoms with E-state index in [-0.39, 0.29) is 25.9 Å². The highest BCUT2D eigenvalue weighted by Crippen LogP contribution is 2.34. The highest BCUT2D eigenvalue weighted by molar-refractivity contribution is 5.73. The lowest BCUT2D eigenvalue weighted by Crippen LogP contribution is -2.54. The first-order valence-electron chi connectivity index (χ1n) is 8.01. The van der Waals surface area contributed by atoms with Crippen LogP contribution in [-0.2, 0) is 14.3 Å². The van der Waals surface area contributed by atoms with Crippen LogP contribution >= 0.6 is 0 Å². The SMILES string of the molecule is COC(=O)[C@@H]1CCN(C(=O)OC)[C@@H](CN2CCC[C@@H]2C(F)(F)F)C1. The molecule has 1 amide bonds. The second-order valence-electron chi connectivity index (χ2n) is 6.26. The summed E-state index contributed by atoms with van der Waals surface area (Å²) in [6, 6.07) is -1.99. The normalized spacial score (nSPS) is 28.7. The lowest BCUT2D eigenvalue weighted by Gasteiger charge is -2.40. The number of hydrogen-bond acceptors (Lipinski definition) is 5. The summed E-state index contributed by atoms with van der Waals surface area (Å²) < 4.78 is 48.8. The second-order valence-corrected chi connectivity index (χ2v) is 6.26. The molecule has 0 saturated carbocycles. The van der Waals surface area contributed by atoms with Crippen molar-refractivity contribution in [1.29, 1.82) is 0 Å². The fourth-order valence-electron chi connectivity index (χ4n) is 3.65. The van der Waals surface area contributed by atoms with Crippen LogP contribution in [0, 0.1) is 5.92 Å². The Morgan fingerprint density at radius 3 is 2.42 bits per heavy atom. The van der Waals surface area contributed by atoms with Crippen molar-refractivity contribution < 1.29 is 32.2 Å². The predicted molar refractivity (Wildman–Crippen MR) is 78.3 cm³/mol. The number of likely N-dealkylation sites (tertiary alicyclic amines) is 2. The standard InChI is InChI=1S/C15H23F3N2O4/c1-23-13(21)10-5-7-20(14(22)24-2)11(8-10)9-19-6-3-4-12(19)15(16,17)18/h10-12H,3-9H2,1-2H3/t10-,11-,12-/m1/s1. The van der Waals surface area contributed by atoms with Crippen molar-refractivity contribution in [2.45, 2.75) is 43.9 Å². The average Bonchev–Trinajstić information content (AvgIpc) is 3.01. The summed E-state index contributed by atoms with van der Waals surface area (Å²) in [6.07, 6.45) is -3.64. The first kappa shape index (κ1) is 18.8. The number of amides is 1. The van der Waals surface area contributed by atoms with Crippen LogP contribution in [0.15, 0.2) is 0 Å². The molecule has 0 spiro atoms.